The lowest BCUT2D eigenvalue weighted by Crippen LogP contribution is -2.46. The van der Waals surface area contributed by atoms with E-state index in [1.807, 2.05) is 31.1 Å². The van der Waals surface area contributed by atoms with Gasteiger partial charge < -0.3 is 5.32 Å². The number of rotatable bonds is 6. The first-order chi connectivity index (χ1) is 13.7. The molecule has 1 saturated heterocycles. The summed E-state index contributed by atoms with van der Waals surface area (Å²) in [5.41, 5.74) is 3.31. The molecule has 4 rings (SSSR count). The highest BCUT2D eigenvalue weighted by atomic mass is 32.2. The number of aromatic nitrogens is 4. The maximum Gasteiger partial charge on any atom is 0.267 e. The zero-order valence-electron chi connectivity index (χ0n) is 16.4. The van der Waals surface area contributed by atoms with Gasteiger partial charge in [0.2, 0.25) is 5.95 Å². The van der Waals surface area contributed by atoms with Crippen molar-refractivity contribution < 1.29 is 0 Å². The number of aryl methyl sites for hydroxylation is 2. The molecule has 150 valence electrons. The van der Waals surface area contributed by atoms with Gasteiger partial charge in [0.15, 0.2) is 0 Å². The van der Waals surface area contributed by atoms with Crippen LogP contribution in [0.4, 0.5) is 5.95 Å². The number of anilines is 1. The van der Waals surface area contributed by atoms with E-state index in [0.29, 0.717) is 18.5 Å². The molecule has 1 unspecified atom stereocenters. The van der Waals surface area contributed by atoms with Crippen LogP contribution in [0.3, 0.4) is 0 Å². The number of hydrogen-bond acceptors (Lipinski definition) is 7. The largest absolute Gasteiger partial charge is 0.353 e. The van der Waals surface area contributed by atoms with E-state index in [-0.39, 0.29) is 5.56 Å². The standard InChI is InChI=1S/C20H28N6OS/c1-15-11-21-20(22-12-15)23-13-17-4-2-3-6-25(17)7-8-26-19(27)10-16-14-28-9-5-18(16)24-26/h10-12,17H,2-9,13-14H2,1H3,(H,21,22,23). The zero-order chi connectivity index (χ0) is 19.3. The molecular weight excluding hydrogens is 372 g/mol. The summed E-state index contributed by atoms with van der Waals surface area (Å²) in [7, 11) is 0. The van der Waals surface area contributed by atoms with Crippen LogP contribution in [0, 0.1) is 6.92 Å². The second-order valence-corrected chi connectivity index (χ2v) is 8.74. The topological polar surface area (TPSA) is 75.9 Å². The Morgan fingerprint density at radius 3 is 2.96 bits per heavy atom. The first-order valence-corrected chi connectivity index (χ1v) is 11.3. The normalized spacial score (nSPS) is 20.0. The summed E-state index contributed by atoms with van der Waals surface area (Å²) in [5, 5.41) is 8.02. The van der Waals surface area contributed by atoms with Gasteiger partial charge in [0.1, 0.15) is 0 Å². The summed E-state index contributed by atoms with van der Waals surface area (Å²) in [6.07, 6.45) is 8.24. The number of hydrogen-bond donors (Lipinski definition) is 1. The van der Waals surface area contributed by atoms with Gasteiger partial charge in [-0.1, -0.05) is 6.42 Å². The van der Waals surface area contributed by atoms with Crippen molar-refractivity contribution in [2.75, 3.05) is 30.7 Å². The maximum absolute atomic E-state index is 12.4. The lowest BCUT2D eigenvalue weighted by atomic mass is 10.0. The van der Waals surface area contributed by atoms with Gasteiger partial charge in [0, 0.05) is 49.8 Å². The van der Waals surface area contributed by atoms with E-state index < -0.39 is 0 Å². The van der Waals surface area contributed by atoms with Crippen LogP contribution in [0.15, 0.2) is 23.3 Å². The minimum Gasteiger partial charge on any atom is -0.353 e. The van der Waals surface area contributed by atoms with Gasteiger partial charge in [-0.05, 0) is 43.2 Å². The fourth-order valence-corrected chi connectivity index (χ4v) is 4.87. The molecule has 0 radical (unpaired) electrons. The summed E-state index contributed by atoms with van der Waals surface area (Å²) >= 11 is 1.88. The Hall–Kier alpha value is -1.93. The highest BCUT2D eigenvalue weighted by molar-refractivity contribution is 7.98. The fourth-order valence-electron chi connectivity index (χ4n) is 3.91. The van der Waals surface area contributed by atoms with E-state index >= 15 is 0 Å². The van der Waals surface area contributed by atoms with Crippen LogP contribution in [0.2, 0.25) is 0 Å². The average Bonchev–Trinajstić information content (AvgIpc) is 2.72. The van der Waals surface area contributed by atoms with Crippen LogP contribution in [0.1, 0.15) is 36.1 Å². The lowest BCUT2D eigenvalue weighted by molar-refractivity contribution is 0.147. The Labute approximate surface area is 170 Å². The minimum atomic E-state index is 0.0287. The molecule has 8 heteroatoms. The Bertz CT molecular complexity index is 853. The second kappa shape index (κ2) is 9.05. The lowest BCUT2D eigenvalue weighted by Gasteiger charge is -2.35. The predicted octanol–water partition coefficient (Wildman–Crippen LogP) is 2.10. The molecule has 0 spiro atoms. The minimum absolute atomic E-state index is 0.0287. The van der Waals surface area contributed by atoms with Crippen LogP contribution in [0.25, 0.3) is 0 Å². The van der Waals surface area contributed by atoms with E-state index in [2.05, 4.69) is 25.3 Å². The van der Waals surface area contributed by atoms with Crippen molar-refractivity contribution >= 4 is 17.7 Å². The zero-order valence-corrected chi connectivity index (χ0v) is 17.2. The van der Waals surface area contributed by atoms with E-state index in [0.717, 1.165) is 60.8 Å². The molecule has 2 aromatic rings. The molecule has 4 heterocycles. The first-order valence-electron chi connectivity index (χ1n) is 10.1. The Morgan fingerprint density at radius 2 is 2.11 bits per heavy atom. The summed E-state index contributed by atoms with van der Waals surface area (Å²) in [5.74, 6) is 2.69. The van der Waals surface area contributed by atoms with E-state index in [1.54, 1.807) is 10.7 Å². The molecule has 2 aromatic heterocycles. The molecule has 0 amide bonds. The summed E-state index contributed by atoms with van der Waals surface area (Å²) < 4.78 is 1.66. The quantitative estimate of drug-likeness (QED) is 0.796. The monoisotopic (exact) mass is 400 g/mol. The molecule has 2 aliphatic heterocycles. The molecule has 0 aromatic carbocycles. The smallest absolute Gasteiger partial charge is 0.267 e. The molecular formula is C20H28N6OS. The average molecular weight is 401 g/mol. The molecule has 1 atom stereocenters. The van der Waals surface area contributed by atoms with Gasteiger partial charge in [-0.3, -0.25) is 9.69 Å². The van der Waals surface area contributed by atoms with Crippen molar-refractivity contribution in [3.63, 3.8) is 0 Å². The Balaban J connectivity index is 1.37. The molecule has 2 aliphatic rings. The highest BCUT2D eigenvalue weighted by Gasteiger charge is 2.23. The van der Waals surface area contributed by atoms with Gasteiger partial charge >= 0.3 is 0 Å². The third-order valence-electron chi connectivity index (χ3n) is 5.53. The van der Waals surface area contributed by atoms with E-state index in [4.69, 9.17) is 0 Å². The van der Waals surface area contributed by atoms with Gasteiger partial charge in [-0.15, -0.1) is 0 Å². The SMILES string of the molecule is Cc1cnc(NCC2CCCCN2CCn2nc3c(cc2=O)CSCC3)nc1. The van der Waals surface area contributed by atoms with Crippen LogP contribution < -0.4 is 10.9 Å². The number of likely N-dealkylation sites (tertiary alicyclic amines) is 1. The summed E-state index contributed by atoms with van der Waals surface area (Å²) in [4.78, 5) is 23.6. The third-order valence-corrected chi connectivity index (χ3v) is 6.54. The van der Waals surface area contributed by atoms with Crippen LogP contribution in [-0.2, 0) is 18.7 Å². The fraction of sp³-hybridized carbons (Fsp3) is 0.600. The number of nitrogens with one attached hydrogen (secondary N) is 1. The van der Waals surface area contributed by atoms with Gasteiger partial charge in [0.05, 0.1) is 12.2 Å². The van der Waals surface area contributed by atoms with Crippen molar-refractivity contribution in [3.05, 3.63) is 45.6 Å². The first kappa shape index (κ1) is 19.4. The Morgan fingerprint density at radius 1 is 1.25 bits per heavy atom. The van der Waals surface area contributed by atoms with Gasteiger partial charge in [-0.25, -0.2) is 14.6 Å². The van der Waals surface area contributed by atoms with E-state index in [9.17, 15) is 4.79 Å². The summed E-state index contributed by atoms with van der Waals surface area (Å²) in [6, 6.07) is 2.22. The maximum atomic E-state index is 12.4. The highest BCUT2D eigenvalue weighted by Crippen LogP contribution is 2.21. The summed E-state index contributed by atoms with van der Waals surface area (Å²) in [6.45, 7) is 5.38. The van der Waals surface area contributed by atoms with Crippen molar-refractivity contribution in [1.29, 1.82) is 0 Å². The Kier molecular flexibility index (Phi) is 6.26. The van der Waals surface area contributed by atoms with Crippen molar-refractivity contribution in [1.82, 2.24) is 24.6 Å². The van der Waals surface area contributed by atoms with Crippen LogP contribution >= 0.6 is 11.8 Å². The van der Waals surface area contributed by atoms with Crippen molar-refractivity contribution in [2.45, 2.75) is 50.9 Å². The van der Waals surface area contributed by atoms with Gasteiger partial charge in [0.25, 0.3) is 5.56 Å². The van der Waals surface area contributed by atoms with E-state index in [1.165, 1.54) is 12.8 Å². The molecule has 0 bridgehead atoms. The molecule has 0 aliphatic carbocycles. The van der Waals surface area contributed by atoms with Crippen LogP contribution in [0.5, 0.6) is 0 Å². The molecule has 28 heavy (non-hydrogen) atoms. The van der Waals surface area contributed by atoms with Gasteiger partial charge in [-0.2, -0.15) is 16.9 Å². The number of piperidine rings is 1. The molecule has 0 saturated carbocycles. The number of thioether (sulfide) groups is 1. The molecule has 1 fully saturated rings. The number of fused-ring (bicyclic) bond motifs is 1. The number of nitrogens with zero attached hydrogens (tertiary/aromatic N) is 5. The van der Waals surface area contributed by atoms with Crippen LogP contribution in [-0.4, -0.2) is 56.1 Å². The van der Waals surface area contributed by atoms with Crippen molar-refractivity contribution in [2.24, 2.45) is 0 Å². The molecule has 7 nitrogen and oxygen atoms in total. The third kappa shape index (κ3) is 4.72. The molecule has 1 N–H and O–H groups in total. The second-order valence-electron chi connectivity index (χ2n) is 7.63. The van der Waals surface area contributed by atoms with Crippen molar-refractivity contribution in [3.8, 4) is 0 Å². The predicted molar refractivity (Wildman–Crippen MR) is 113 cm³/mol.